The van der Waals surface area contributed by atoms with Gasteiger partial charge in [-0.05, 0) is 26.3 Å². The first-order valence-electron chi connectivity index (χ1n) is 10.2. The molecule has 9 nitrogen and oxygen atoms in total. The number of rotatable bonds is 11. The SMILES string of the molecule is CCOC(=O)C(CC1OCCO1)C(C(C)=O)(C(=O)OCC)C(=O)OCc1ccccc1. The van der Waals surface area contributed by atoms with Crippen LogP contribution in [0.25, 0.3) is 0 Å². The van der Waals surface area contributed by atoms with Gasteiger partial charge in [0.25, 0.3) is 0 Å². The number of hydrogen-bond acceptors (Lipinski definition) is 9. The summed E-state index contributed by atoms with van der Waals surface area (Å²) in [5, 5.41) is 0. The van der Waals surface area contributed by atoms with Crippen LogP contribution in [0.3, 0.4) is 0 Å². The van der Waals surface area contributed by atoms with Crippen molar-refractivity contribution in [2.45, 2.75) is 40.1 Å². The molecule has 0 bridgehead atoms. The lowest BCUT2D eigenvalue weighted by molar-refractivity contribution is -0.189. The lowest BCUT2D eigenvalue weighted by Crippen LogP contribution is -2.56. The first-order valence-corrected chi connectivity index (χ1v) is 10.2. The topological polar surface area (TPSA) is 114 Å². The van der Waals surface area contributed by atoms with Crippen LogP contribution in [0, 0.1) is 11.3 Å². The summed E-state index contributed by atoms with van der Waals surface area (Å²) >= 11 is 0. The summed E-state index contributed by atoms with van der Waals surface area (Å²) in [5.74, 6) is -5.70. The average molecular weight is 436 g/mol. The first-order chi connectivity index (χ1) is 14.9. The summed E-state index contributed by atoms with van der Waals surface area (Å²) in [6.07, 6.45) is -1.14. The van der Waals surface area contributed by atoms with Crippen molar-refractivity contribution in [1.82, 2.24) is 0 Å². The predicted octanol–water partition coefficient (Wildman–Crippen LogP) is 1.81. The molecular weight excluding hydrogens is 408 g/mol. The molecule has 0 aliphatic carbocycles. The molecule has 31 heavy (non-hydrogen) atoms. The molecule has 1 saturated heterocycles. The Morgan fingerprint density at radius 3 is 2.10 bits per heavy atom. The van der Waals surface area contributed by atoms with Gasteiger partial charge >= 0.3 is 17.9 Å². The molecule has 1 fully saturated rings. The molecule has 170 valence electrons. The molecule has 0 radical (unpaired) electrons. The van der Waals surface area contributed by atoms with E-state index in [9.17, 15) is 19.2 Å². The van der Waals surface area contributed by atoms with Gasteiger partial charge in [-0.2, -0.15) is 0 Å². The van der Waals surface area contributed by atoms with Crippen molar-refractivity contribution in [2.24, 2.45) is 11.3 Å². The fourth-order valence-electron chi connectivity index (χ4n) is 3.41. The number of ether oxygens (including phenoxy) is 5. The van der Waals surface area contributed by atoms with Crippen molar-refractivity contribution in [3.8, 4) is 0 Å². The Morgan fingerprint density at radius 2 is 1.55 bits per heavy atom. The summed E-state index contributed by atoms with van der Waals surface area (Å²) in [5.41, 5.74) is -1.90. The van der Waals surface area contributed by atoms with Crippen molar-refractivity contribution < 1.29 is 42.9 Å². The van der Waals surface area contributed by atoms with Gasteiger partial charge in [0.05, 0.1) is 32.3 Å². The molecule has 9 heteroatoms. The van der Waals surface area contributed by atoms with E-state index in [2.05, 4.69) is 0 Å². The number of carbonyl (C=O) groups excluding carboxylic acids is 4. The highest BCUT2D eigenvalue weighted by atomic mass is 16.7. The summed E-state index contributed by atoms with van der Waals surface area (Å²) in [4.78, 5) is 52.1. The van der Waals surface area contributed by atoms with Crippen molar-refractivity contribution in [2.75, 3.05) is 26.4 Å². The van der Waals surface area contributed by atoms with E-state index in [1.807, 2.05) is 0 Å². The van der Waals surface area contributed by atoms with E-state index in [1.54, 1.807) is 37.3 Å². The number of ketones is 1. The number of benzene rings is 1. The Hall–Kier alpha value is -2.78. The molecule has 1 aliphatic heterocycles. The second-order valence-electron chi connectivity index (χ2n) is 6.86. The summed E-state index contributed by atoms with van der Waals surface area (Å²) in [7, 11) is 0. The van der Waals surface area contributed by atoms with Gasteiger partial charge < -0.3 is 23.7 Å². The lowest BCUT2D eigenvalue weighted by Gasteiger charge is -2.33. The van der Waals surface area contributed by atoms with E-state index in [-0.39, 0.29) is 39.5 Å². The van der Waals surface area contributed by atoms with E-state index in [0.29, 0.717) is 5.56 Å². The third-order valence-electron chi connectivity index (χ3n) is 4.90. The molecule has 0 saturated carbocycles. The molecule has 2 rings (SSSR count). The maximum atomic E-state index is 13.3. The fourth-order valence-corrected chi connectivity index (χ4v) is 3.41. The Kier molecular flexibility index (Phi) is 9.14. The molecule has 0 aromatic heterocycles. The van der Waals surface area contributed by atoms with E-state index in [4.69, 9.17) is 23.7 Å². The third kappa shape index (κ3) is 5.68. The van der Waals surface area contributed by atoms with Crippen LogP contribution in [0.2, 0.25) is 0 Å². The zero-order valence-corrected chi connectivity index (χ0v) is 18.0. The van der Waals surface area contributed by atoms with Crippen LogP contribution >= 0.6 is 0 Å². The van der Waals surface area contributed by atoms with Crippen molar-refractivity contribution in [3.05, 3.63) is 35.9 Å². The van der Waals surface area contributed by atoms with Crippen molar-refractivity contribution in [3.63, 3.8) is 0 Å². The monoisotopic (exact) mass is 436 g/mol. The van der Waals surface area contributed by atoms with Crippen LogP contribution in [0.1, 0.15) is 32.8 Å². The quantitative estimate of drug-likeness (QED) is 0.291. The maximum Gasteiger partial charge on any atom is 0.332 e. The zero-order valence-electron chi connectivity index (χ0n) is 18.0. The van der Waals surface area contributed by atoms with Crippen LogP contribution in [0.4, 0.5) is 0 Å². The normalized spacial score (nSPS) is 16.7. The van der Waals surface area contributed by atoms with Gasteiger partial charge in [0, 0.05) is 6.42 Å². The number of esters is 3. The van der Waals surface area contributed by atoms with Crippen LogP contribution < -0.4 is 0 Å². The predicted molar refractivity (Wildman–Crippen MR) is 106 cm³/mol. The smallest absolute Gasteiger partial charge is 0.332 e. The molecule has 1 heterocycles. The third-order valence-corrected chi connectivity index (χ3v) is 4.90. The minimum absolute atomic E-state index is 0.0163. The highest BCUT2D eigenvalue weighted by Crippen LogP contribution is 2.38. The molecule has 0 amide bonds. The van der Waals surface area contributed by atoms with Gasteiger partial charge in [-0.25, -0.2) is 0 Å². The summed E-state index contributed by atoms with van der Waals surface area (Å²) < 4.78 is 26.3. The molecule has 1 aliphatic rings. The van der Waals surface area contributed by atoms with Crippen molar-refractivity contribution >= 4 is 23.7 Å². The Morgan fingerprint density at radius 1 is 0.968 bits per heavy atom. The lowest BCUT2D eigenvalue weighted by atomic mass is 9.70. The Bertz CT molecular complexity index is 770. The Labute approximate surface area is 180 Å². The van der Waals surface area contributed by atoms with Gasteiger partial charge in [-0.3, -0.25) is 19.2 Å². The highest BCUT2D eigenvalue weighted by Gasteiger charge is 2.63. The molecule has 1 aromatic rings. The Balaban J connectivity index is 2.46. The molecular formula is C22H28O9. The van der Waals surface area contributed by atoms with Crippen LogP contribution in [0.5, 0.6) is 0 Å². The largest absolute Gasteiger partial charge is 0.466 e. The summed E-state index contributed by atoms with van der Waals surface area (Å²) in [6.45, 7) is 4.40. The van der Waals surface area contributed by atoms with Gasteiger partial charge in [-0.15, -0.1) is 0 Å². The standard InChI is InChI=1S/C22H28O9/c1-4-27-19(24)17(13-18-29-11-12-30-18)22(15(3)23,20(25)28-5-2)21(26)31-14-16-9-7-6-8-10-16/h6-10,17-18H,4-5,11-14H2,1-3H3. The molecule has 2 unspecified atom stereocenters. The second-order valence-corrected chi connectivity index (χ2v) is 6.86. The molecule has 0 spiro atoms. The number of Topliss-reactive ketones (excluding diaryl/α,β-unsaturated/α-hetero) is 1. The number of carbonyl (C=O) groups is 4. The molecule has 1 aromatic carbocycles. The van der Waals surface area contributed by atoms with Gasteiger partial charge in [0.1, 0.15) is 6.61 Å². The van der Waals surface area contributed by atoms with Gasteiger partial charge in [-0.1, -0.05) is 30.3 Å². The van der Waals surface area contributed by atoms with Crippen LogP contribution in [0.15, 0.2) is 30.3 Å². The first kappa shape index (κ1) is 24.5. The van der Waals surface area contributed by atoms with Crippen molar-refractivity contribution in [1.29, 1.82) is 0 Å². The molecule has 2 atom stereocenters. The molecule has 0 N–H and O–H groups in total. The minimum atomic E-state index is -2.55. The van der Waals surface area contributed by atoms with Crippen LogP contribution in [-0.2, 0) is 49.5 Å². The second kappa shape index (κ2) is 11.6. The van der Waals surface area contributed by atoms with Gasteiger partial charge in [0.15, 0.2) is 12.1 Å². The van der Waals surface area contributed by atoms with Gasteiger partial charge in [0.2, 0.25) is 5.41 Å². The summed E-state index contributed by atoms with van der Waals surface area (Å²) in [6, 6.07) is 8.74. The zero-order chi connectivity index (χ0) is 22.9. The number of hydrogen-bond donors (Lipinski definition) is 0. The van der Waals surface area contributed by atoms with Crippen LogP contribution in [-0.4, -0.2) is 56.4 Å². The van der Waals surface area contributed by atoms with E-state index >= 15 is 0 Å². The highest BCUT2D eigenvalue weighted by molar-refractivity contribution is 6.22. The van der Waals surface area contributed by atoms with E-state index in [1.165, 1.54) is 6.92 Å². The fraction of sp³-hybridized carbons (Fsp3) is 0.545. The van der Waals surface area contributed by atoms with E-state index in [0.717, 1.165) is 6.92 Å². The average Bonchev–Trinajstić information content (AvgIpc) is 3.26. The maximum absolute atomic E-state index is 13.3. The van der Waals surface area contributed by atoms with E-state index < -0.39 is 41.3 Å². The minimum Gasteiger partial charge on any atom is -0.466 e.